The number of carbonyl (C=O) groups excluding carboxylic acids is 2. The van der Waals surface area contributed by atoms with E-state index in [1.807, 2.05) is 4.90 Å². The Morgan fingerprint density at radius 1 is 1.24 bits per heavy atom. The number of amides is 1. The van der Waals surface area contributed by atoms with Crippen molar-refractivity contribution in [3.63, 3.8) is 0 Å². The lowest BCUT2D eigenvalue weighted by Gasteiger charge is -2.30. The van der Waals surface area contributed by atoms with E-state index in [2.05, 4.69) is 18.9 Å². The third kappa shape index (κ3) is 4.46. The monoisotopic (exact) mass is 240 g/mol. The third-order valence-corrected chi connectivity index (χ3v) is 3.38. The van der Waals surface area contributed by atoms with Gasteiger partial charge in [-0.2, -0.15) is 0 Å². The summed E-state index contributed by atoms with van der Waals surface area (Å²) in [5.41, 5.74) is 0. The summed E-state index contributed by atoms with van der Waals surface area (Å²) in [6.45, 7) is 6.49. The lowest BCUT2D eigenvalue weighted by molar-refractivity contribution is -0.135. The molecule has 0 aromatic carbocycles. The first kappa shape index (κ1) is 14.2. The van der Waals surface area contributed by atoms with Crippen molar-refractivity contribution in [2.45, 2.75) is 45.6 Å². The summed E-state index contributed by atoms with van der Waals surface area (Å²) in [6, 6.07) is 0.307. The van der Waals surface area contributed by atoms with Crippen LogP contribution in [0.4, 0.5) is 0 Å². The molecule has 4 heteroatoms. The Morgan fingerprint density at radius 3 is 2.53 bits per heavy atom. The van der Waals surface area contributed by atoms with Gasteiger partial charge in [0.25, 0.3) is 0 Å². The molecule has 0 radical (unpaired) electrons. The second-order valence-electron chi connectivity index (χ2n) is 4.97. The average Bonchev–Trinajstić information content (AvgIpc) is 2.47. The number of carbonyl (C=O) groups is 2. The molecule has 1 fully saturated rings. The van der Waals surface area contributed by atoms with E-state index < -0.39 is 0 Å². The zero-order valence-corrected chi connectivity index (χ0v) is 11.2. The van der Waals surface area contributed by atoms with E-state index in [4.69, 9.17) is 0 Å². The molecule has 1 heterocycles. The van der Waals surface area contributed by atoms with Crippen molar-refractivity contribution in [3.05, 3.63) is 0 Å². The number of likely N-dealkylation sites (N-methyl/N-ethyl adjacent to an activating group) is 1. The molecule has 4 nitrogen and oxygen atoms in total. The highest BCUT2D eigenvalue weighted by Gasteiger charge is 2.25. The van der Waals surface area contributed by atoms with Gasteiger partial charge >= 0.3 is 0 Å². The second-order valence-corrected chi connectivity index (χ2v) is 4.97. The molecule has 0 N–H and O–H groups in total. The van der Waals surface area contributed by atoms with Gasteiger partial charge in [0.1, 0.15) is 5.78 Å². The van der Waals surface area contributed by atoms with Crippen molar-refractivity contribution in [1.82, 2.24) is 9.80 Å². The first-order chi connectivity index (χ1) is 8.04. The Balaban J connectivity index is 2.58. The van der Waals surface area contributed by atoms with E-state index in [0.717, 1.165) is 32.5 Å². The zero-order chi connectivity index (χ0) is 12.8. The highest BCUT2D eigenvalue weighted by molar-refractivity contribution is 5.83. The quantitative estimate of drug-likeness (QED) is 0.743. The number of rotatable bonds is 4. The van der Waals surface area contributed by atoms with Gasteiger partial charge in [-0.15, -0.1) is 0 Å². The van der Waals surface area contributed by atoms with Crippen molar-refractivity contribution in [3.8, 4) is 0 Å². The maximum Gasteiger partial charge on any atom is 0.223 e. The standard InChI is InChI=1S/C13H24N2O2/c1-4-12-10-14(3)8-5-9-15(12)13(17)7-6-11(2)16/h12H,4-10H2,1-3H3. The van der Waals surface area contributed by atoms with Gasteiger partial charge in [-0.3, -0.25) is 4.79 Å². The van der Waals surface area contributed by atoms with Crippen LogP contribution in [0.5, 0.6) is 0 Å². The van der Waals surface area contributed by atoms with Crippen molar-refractivity contribution in [2.24, 2.45) is 0 Å². The molecule has 0 bridgehead atoms. The topological polar surface area (TPSA) is 40.6 Å². The minimum Gasteiger partial charge on any atom is -0.338 e. The second kappa shape index (κ2) is 6.74. The maximum atomic E-state index is 12.1. The highest BCUT2D eigenvalue weighted by atomic mass is 16.2. The number of Topliss-reactive ketones (excluding diaryl/α,β-unsaturated/α-hetero) is 1. The van der Waals surface area contributed by atoms with E-state index in [-0.39, 0.29) is 11.7 Å². The van der Waals surface area contributed by atoms with Crippen molar-refractivity contribution >= 4 is 11.7 Å². The number of hydrogen-bond donors (Lipinski definition) is 0. The Hall–Kier alpha value is -0.900. The van der Waals surface area contributed by atoms with Crippen LogP contribution in [0.25, 0.3) is 0 Å². The zero-order valence-electron chi connectivity index (χ0n) is 11.2. The Labute approximate surface area is 104 Å². The molecule has 1 unspecified atom stereocenters. The minimum atomic E-state index is 0.0957. The molecular formula is C13H24N2O2. The van der Waals surface area contributed by atoms with Crippen molar-refractivity contribution < 1.29 is 9.59 Å². The summed E-state index contributed by atoms with van der Waals surface area (Å²) in [6.07, 6.45) is 2.76. The number of hydrogen-bond acceptors (Lipinski definition) is 3. The molecule has 17 heavy (non-hydrogen) atoms. The molecule has 0 saturated carbocycles. The summed E-state index contributed by atoms with van der Waals surface area (Å²) in [7, 11) is 2.10. The Morgan fingerprint density at radius 2 is 1.94 bits per heavy atom. The number of ketones is 1. The molecular weight excluding hydrogens is 216 g/mol. The lowest BCUT2D eigenvalue weighted by atomic mass is 10.1. The minimum absolute atomic E-state index is 0.0957. The van der Waals surface area contributed by atoms with Gasteiger partial charge in [0.2, 0.25) is 5.91 Å². The van der Waals surface area contributed by atoms with Crippen LogP contribution in [-0.2, 0) is 9.59 Å². The van der Waals surface area contributed by atoms with Crippen molar-refractivity contribution in [2.75, 3.05) is 26.7 Å². The van der Waals surface area contributed by atoms with Crippen LogP contribution in [0.3, 0.4) is 0 Å². The summed E-state index contributed by atoms with van der Waals surface area (Å²) in [5.74, 6) is 0.237. The van der Waals surface area contributed by atoms with Crippen LogP contribution >= 0.6 is 0 Å². The first-order valence-electron chi connectivity index (χ1n) is 6.52. The molecule has 1 saturated heterocycles. The molecule has 1 rings (SSSR count). The van der Waals surface area contributed by atoms with Gasteiger partial charge < -0.3 is 14.6 Å². The van der Waals surface area contributed by atoms with Gasteiger partial charge in [0.05, 0.1) is 0 Å². The van der Waals surface area contributed by atoms with E-state index >= 15 is 0 Å². The molecule has 98 valence electrons. The van der Waals surface area contributed by atoms with E-state index in [1.54, 1.807) is 6.92 Å². The average molecular weight is 240 g/mol. The molecule has 1 aliphatic rings. The van der Waals surface area contributed by atoms with Gasteiger partial charge in [0.15, 0.2) is 0 Å². The van der Waals surface area contributed by atoms with Gasteiger partial charge in [-0.1, -0.05) is 6.92 Å². The van der Waals surface area contributed by atoms with E-state index in [9.17, 15) is 9.59 Å². The molecule has 0 spiro atoms. The summed E-state index contributed by atoms with van der Waals surface area (Å²) < 4.78 is 0. The van der Waals surface area contributed by atoms with Gasteiger partial charge in [0, 0.05) is 32.0 Å². The van der Waals surface area contributed by atoms with Crippen LogP contribution in [0.1, 0.15) is 39.5 Å². The van der Waals surface area contributed by atoms with E-state index in [0.29, 0.717) is 18.9 Å². The largest absolute Gasteiger partial charge is 0.338 e. The van der Waals surface area contributed by atoms with E-state index in [1.165, 1.54) is 0 Å². The maximum absolute atomic E-state index is 12.1. The molecule has 0 aliphatic carbocycles. The fraction of sp³-hybridized carbons (Fsp3) is 0.846. The predicted molar refractivity (Wildman–Crippen MR) is 67.8 cm³/mol. The van der Waals surface area contributed by atoms with Crippen LogP contribution in [0.2, 0.25) is 0 Å². The molecule has 1 atom stereocenters. The first-order valence-corrected chi connectivity index (χ1v) is 6.52. The van der Waals surface area contributed by atoms with Crippen LogP contribution < -0.4 is 0 Å². The normalized spacial score (nSPS) is 22.3. The molecule has 0 aromatic heterocycles. The smallest absolute Gasteiger partial charge is 0.223 e. The fourth-order valence-corrected chi connectivity index (χ4v) is 2.35. The summed E-state index contributed by atoms with van der Waals surface area (Å²) >= 11 is 0. The predicted octanol–water partition coefficient (Wildman–Crippen LogP) is 1.30. The van der Waals surface area contributed by atoms with Gasteiger partial charge in [-0.25, -0.2) is 0 Å². The summed E-state index contributed by atoms with van der Waals surface area (Å²) in [5, 5.41) is 0. The van der Waals surface area contributed by atoms with Crippen LogP contribution in [0.15, 0.2) is 0 Å². The molecule has 0 aromatic rings. The SMILES string of the molecule is CCC1CN(C)CCCN1C(=O)CCC(C)=O. The summed E-state index contributed by atoms with van der Waals surface area (Å²) in [4.78, 5) is 27.3. The Kier molecular flexibility index (Phi) is 5.62. The van der Waals surface area contributed by atoms with Crippen molar-refractivity contribution in [1.29, 1.82) is 0 Å². The number of nitrogens with zero attached hydrogens (tertiary/aromatic N) is 2. The van der Waals surface area contributed by atoms with Crippen LogP contribution in [0, 0.1) is 0 Å². The lowest BCUT2D eigenvalue weighted by Crippen LogP contribution is -2.43. The molecule has 1 amide bonds. The Bertz CT molecular complexity index is 279. The van der Waals surface area contributed by atoms with Gasteiger partial charge in [-0.05, 0) is 33.4 Å². The third-order valence-electron chi connectivity index (χ3n) is 3.38. The fourth-order valence-electron chi connectivity index (χ4n) is 2.35. The highest BCUT2D eigenvalue weighted by Crippen LogP contribution is 2.14. The van der Waals surface area contributed by atoms with Crippen LogP contribution in [-0.4, -0.2) is 54.2 Å². The molecule has 1 aliphatic heterocycles.